The van der Waals surface area contributed by atoms with Crippen LogP contribution in [-0.2, 0) is 11.3 Å². The maximum atomic E-state index is 12.7. The number of rotatable bonds is 6. The van der Waals surface area contributed by atoms with Crippen molar-refractivity contribution in [2.45, 2.75) is 26.4 Å². The third-order valence-electron chi connectivity index (χ3n) is 4.32. The summed E-state index contributed by atoms with van der Waals surface area (Å²) >= 11 is 5.89. The van der Waals surface area contributed by atoms with E-state index in [1.165, 1.54) is 6.20 Å². The average Bonchev–Trinajstić information content (AvgIpc) is 3.41. The minimum atomic E-state index is -0.521. The van der Waals surface area contributed by atoms with Crippen LogP contribution in [0.1, 0.15) is 41.7 Å². The van der Waals surface area contributed by atoms with Gasteiger partial charge in [0.2, 0.25) is 5.89 Å². The fourth-order valence-corrected chi connectivity index (χ4v) is 3.08. The normalized spacial score (nSPS) is 11.1. The molecule has 9 heteroatoms. The number of esters is 1. The van der Waals surface area contributed by atoms with Gasteiger partial charge in [-0.15, -0.1) is 10.2 Å². The van der Waals surface area contributed by atoms with Crippen molar-refractivity contribution >= 4 is 17.6 Å². The molecule has 0 atom stereocenters. The molecule has 30 heavy (non-hydrogen) atoms. The van der Waals surface area contributed by atoms with E-state index in [4.69, 9.17) is 20.8 Å². The second kappa shape index (κ2) is 8.46. The Kier molecular flexibility index (Phi) is 5.58. The van der Waals surface area contributed by atoms with E-state index in [0.717, 1.165) is 5.56 Å². The number of benzene rings is 1. The fraction of sp³-hybridized carbons (Fsp3) is 0.190. The predicted octanol–water partition coefficient (Wildman–Crippen LogP) is 4.45. The van der Waals surface area contributed by atoms with Crippen LogP contribution < -0.4 is 0 Å². The minimum absolute atomic E-state index is 0.0250. The highest BCUT2D eigenvalue weighted by atomic mass is 35.5. The molecule has 0 aliphatic heterocycles. The average molecular weight is 424 g/mol. The van der Waals surface area contributed by atoms with Gasteiger partial charge in [0.1, 0.15) is 5.56 Å². The van der Waals surface area contributed by atoms with Gasteiger partial charge in [0.05, 0.1) is 11.9 Å². The van der Waals surface area contributed by atoms with E-state index >= 15 is 0 Å². The van der Waals surface area contributed by atoms with Crippen LogP contribution in [0.2, 0.25) is 5.02 Å². The van der Waals surface area contributed by atoms with Crippen molar-refractivity contribution < 1.29 is 13.9 Å². The molecule has 0 radical (unpaired) electrons. The lowest BCUT2D eigenvalue weighted by Crippen LogP contribution is -2.11. The Balaban J connectivity index is 1.50. The van der Waals surface area contributed by atoms with Gasteiger partial charge in [0.15, 0.2) is 12.4 Å². The Hall–Kier alpha value is -3.52. The van der Waals surface area contributed by atoms with Crippen molar-refractivity contribution in [1.82, 2.24) is 25.0 Å². The molecule has 0 spiro atoms. The van der Waals surface area contributed by atoms with Crippen molar-refractivity contribution in [2.24, 2.45) is 0 Å². The Labute approximate surface area is 177 Å². The number of aromatic nitrogens is 5. The zero-order valence-electron chi connectivity index (χ0n) is 16.3. The summed E-state index contributed by atoms with van der Waals surface area (Å²) in [5.41, 5.74) is 1.81. The highest BCUT2D eigenvalue weighted by Crippen LogP contribution is 2.24. The Morgan fingerprint density at radius 3 is 2.67 bits per heavy atom. The molecule has 1 aromatic carbocycles. The molecule has 0 bridgehead atoms. The highest BCUT2D eigenvalue weighted by Gasteiger charge is 2.23. The third-order valence-corrected chi connectivity index (χ3v) is 4.58. The molecule has 0 unspecified atom stereocenters. The first-order valence-corrected chi connectivity index (χ1v) is 9.65. The van der Waals surface area contributed by atoms with Crippen molar-refractivity contribution in [3.05, 3.63) is 77.0 Å². The van der Waals surface area contributed by atoms with Crippen LogP contribution in [0.5, 0.6) is 0 Å². The topological polar surface area (TPSA) is 95.9 Å². The van der Waals surface area contributed by atoms with E-state index in [-0.39, 0.29) is 18.4 Å². The van der Waals surface area contributed by atoms with Crippen molar-refractivity contribution in [1.29, 1.82) is 0 Å². The van der Waals surface area contributed by atoms with E-state index in [9.17, 15) is 4.79 Å². The number of carbonyl (C=O) groups is 1. The first kappa shape index (κ1) is 19.8. The summed E-state index contributed by atoms with van der Waals surface area (Å²) in [6.45, 7) is 3.80. The zero-order valence-corrected chi connectivity index (χ0v) is 17.1. The predicted molar refractivity (Wildman–Crippen MR) is 109 cm³/mol. The molecule has 0 saturated carbocycles. The van der Waals surface area contributed by atoms with E-state index in [0.29, 0.717) is 28.0 Å². The number of hydrogen-bond acceptors (Lipinski definition) is 7. The Morgan fingerprint density at radius 2 is 1.97 bits per heavy atom. The lowest BCUT2D eigenvalue weighted by atomic mass is 10.1. The van der Waals surface area contributed by atoms with Gasteiger partial charge >= 0.3 is 5.97 Å². The quantitative estimate of drug-likeness (QED) is 0.422. The molecule has 8 nitrogen and oxygen atoms in total. The molecule has 4 rings (SSSR count). The highest BCUT2D eigenvalue weighted by molar-refractivity contribution is 6.30. The van der Waals surface area contributed by atoms with Gasteiger partial charge in [-0.05, 0) is 42.3 Å². The third kappa shape index (κ3) is 4.08. The lowest BCUT2D eigenvalue weighted by Gasteiger charge is -2.11. The molecule has 0 fully saturated rings. The van der Waals surface area contributed by atoms with Crippen LogP contribution in [0.3, 0.4) is 0 Å². The van der Waals surface area contributed by atoms with Crippen LogP contribution in [-0.4, -0.2) is 30.9 Å². The molecule has 0 aliphatic carbocycles. The van der Waals surface area contributed by atoms with Crippen LogP contribution in [0.4, 0.5) is 0 Å². The summed E-state index contributed by atoms with van der Waals surface area (Å²) in [6, 6.07) is 12.5. The smallest absolute Gasteiger partial charge is 0.342 e. The second-order valence-corrected chi connectivity index (χ2v) is 7.22. The molecular formula is C21H18ClN5O3. The van der Waals surface area contributed by atoms with Gasteiger partial charge in [0, 0.05) is 16.8 Å². The molecule has 0 N–H and O–H groups in total. The first-order chi connectivity index (χ1) is 14.5. The maximum Gasteiger partial charge on any atom is 0.342 e. The molecular weight excluding hydrogens is 406 g/mol. The largest absolute Gasteiger partial charge is 0.452 e. The summed E-state index contributed by atoms with van der Waals surface area (Å²) in [5, 5.41) is 12.9. The summed E-state index contributed by atoms with van der Waals surface area (Å²) in [6.07, 6.45) is 3.16. The van der Waals surface area contributed by atoms with Crippen molar-refractivity contribution in [3.63, 3.8) is 0 Å². The molecule has 0 aliphatic rings. The van der Waals surface area contributed by atoms with E-state index in [2.05, 4.69) is 20.3 Å². The summed E-state index contributed by atoms with van der Waals surface area (Å²) in [5.74, 6) is 0.647. The van der Waals surface area contributed by atoms with Crippen molar-refractivity contribution in [2.75, 3.05) is 0 Å². The molecule has 0 amide bonds. The molecule has 3 aromatic heterocycles. The zero-order chi connectivity index (χ0) is 21.1. The van der Waals surface area contributed by atoms with Crippen LogP contribution in [0.25, 0.3) is 17.3 Å². The van der Waals surface area contributed by atoms with Crippen molar-refractivity contribution in [3.8, 4) is 17.3 Å². The van der Waals surface area contributed by atoms with E-state index < -0.39 is 5.97 Å². The summed E-state index contributed by atoms with van der Waals surface area (Å²) < 4.78 is 12.6. The van der Waals surface area contributed by atoms with Gasteiger partial charge in [-0.3, -0.25) is 0 Å². The van der Waals surface area contributed by atoms with Gasteiger partial charge in [-0.25, -0.2) is 14.5 Å². The molecule has 3 heterocycles. The fourth-order valence-electron chi connectivity index (χ4n) is 2.96. The van der Waals surface area contributed by atoms with Crippen LogP contribution in [0, 0.1) is 0 Å². The standard InChI is InChI=1S/C21H18ClN5O3/c1-13(2)19-16(11-24-27(19)17-5-3-4-10-23-17)21(28)29-12-18-25-26-20(30-18)14-6-8-15(22)9-7-14/h3-11,13H,12H2,1-2H3. The van der Waals surface area contributed by atoms with Gasteiger partial charge < -0.3 is 9.15 Å². The number of nitrogens with zero attached hydrogens (tertiary/aromatic N) is 5. The number of halogens is 1. The molecule has 152 valence electrons. The maximum absolute atomic E-state index is 12.7. The number of pyridine rings is 1. The minimum Gasteiger partial charge on any atom is -0.452 e. The molecule has 0 saturated heterocycles. The van der Waals surface area contributed by atoms with E-state index in [1.807, 2.05) is 32.0 Å². The second-order valence-electron chi connectivity index (χ2n) is 6.78. The monoisotopic (exact) mass is 423 g/mol. The number of hydrogen-bond donors (Lipinski definition) is 0. The van der Waals surface area contributed by atoms with Gasteiger partial charge in [-0.2, -0.15) is 5.10 Å². The summed E-state index contributed by atoms with van der Waals surface area (Å²) in [7, 11) is 0. The van der Waals surface area contributed by atoms with Crippen LogP contribution >= 0.6 is 11.6 Å². The Morgan fingerprint density at radius 1 is 1.17 bits per heavy atom. The summed E-state index contributed by atoms with van der Waals surface area (Å²) in [4.78, 5) is 17.0. The Bertz CT molecular complexity index is 1150. The van der Waals surface area contributed by atoms with Crippen LogP contribution in [0.15, 0.2) is 59.3 Å². The molecule has 4 aromatic rings. The van der Waals surface area contributed by atoms with Gasteiger partial charge in [-0.1, -0.05) is 31.5 Å². The number of carbonyl (C=O) groups excluding carboxylic acids is 1. The SMILES string of the molecule is CC(C)c1c(C(=O)OCc2nnc(-c3ccc(Cl)cc3)o2)cnn1-c1ccccn1. The first-order valence-electron chi connectivity index (χ1n) is 9.27. The number of ether oxygens (including phenoxy) is 1. The van der Waals surface area contributed by atoms with Gasteiger partial charge in [0.25, 0.3) is 5.89 Å². The lowest BCUT2D eigenvalue weighted by molar-refractivity contribution is 0.0437. The van der Waals surface area contributed by atoms with E-state index in [1.54, 1.807) is 35.1 Å².